The summed E-state index contributed by atoms with van der Waals surface area (Å²) < 4.78 is 0.910. The number of benzene rings is 1. The minimum atomic E-state index is -0.323. The lowest BCUT2D eigenvalue weighted by molar-refractivity contribution is 0.262. The second-order valence-corrected chi connectivity index (χ2v) is 7.75. The molecule has 128 valence electrons. The molecule has 8 heteroatoms. The van der Waals surface area contributed by atoms with Crippen LogP contribution in [-0.4, -0.2) is 29.3 Å². The van der Waals surface area contributed by atoms with E-state index in [4.69, 9.17) is 0 Å². The van der Waals surface area contributed by atoms with Crippen molar-refractivity contribution in [3.8, 4) is 0 Å². The third-order valence-electron chi connectivity index (χ3n) is 4.14. The quantitative estimate of drug-likeness (QED) is 0.766. The number of nitrogens with one attached hydrogen (secondary N) is 2. The zero-order chi connectivity index (χ0) is 16.9. The van der Waals surface area contributed by atoms with Crippen LogP contribution in [0.15, 0.2) is 28.7 Å². The van der Waals surface area contributed by atoms with Gasteiger partial charge in [-0.3, -0.25) is 5.32 Å². The second-order valence-electron chi connectivity index (χ2n) is 5.88. The number of aromatic nitrogens is 2. The van der Waals surface area contributed by atoms with E-state index in [9.17, 15) is 4.79 Å². The van der Waals surface area contributed by atoms with Crippen LogP contribution in [0.2, 0.25) is 0 Å². The summed E-state index contributed by atoms with van der Waals surface area (Å²) in [6, 6.07) is 7.63. The van der Waals surface area contributed by atoms with Crippen LogP contribution in [0.5, 0.6) is 0 Å². The molecule has 1 heterocycles. The van der Waals surface area contributed by atoms with Gasteiger partial charge in [0.15, 0.2) is 0 Å². The Morgan fingerprint density at radius 2 is 2.04 bits per heavy atom. The maximum Gasteiger partial charge on any atom is 0.325 e. The maximum absolute atomic E-state index is 12.1. The summed E-state index contributed by atoms with van der Waals surface area (Å²) in [7, 11) is 2.06. The smallest absolute Gasteiger partial charge is 0.325 e. The number of anilines is 3. The molecule has 0 spiro atoms. The summed E-state index contributed by atoms with van der Waals surface area (Å²) in [5.41, 5.74) is 0.714. The Balaban J connectivity index is 1.58. The zero-order valence-corrected chi connectivity index (χ0v) is 15.9. The molecule has 3 rings (SSSR count). The highest BCUT2D eigenvalue weighted by Gasteiger charge is 2.21. The molecule has 1 aliphatic carbocycles. The predicted octanol–water partition coefficient (Wildman–Crippen LogP) is 4.71. The summed E-state index contributed by atoms with van der Waals surface area (Å²) in [5, 5.41) is 15.2. The van der Waals surface area contributed by atoms with E-state index in [0.29, 0.717) is 16.9 Å². The van der Waals surface area contributed by atoms with Gasteiger partial charge < -0.3 is 10.2 Å². The average Bonchev–Trinajstić information content (AvgIpc) is 3.03. The van der Waals surface area contributed by atoms with Crippen molar-refractivity contribution in [1.82, 2.24) is 10.2 Å². The van der Waals surface area contributed by atoms with Crippen LogP contribution in [0.1, 0.15) is 32.1 Å². The molecule has 2 aromatic rings. The van der Waals surface area contributed by atoms with Crippen LogP contribution >= 0.6 is 27.3 Å². The van der Waals surface area contributed by atoms with E-state index in [2.05, 4.69) is 48.7 Å². The van der Waals surface area contributed by atoms with Crippen molar-refractivity contribution in [3.05, 3.63) is 28.7 Å². The van der Waals surface area contributed by atoms with Crippen molar-refractivity contribution < 1.29 is 4.79 Å². The Kier molecular flexibility index (Phi) is 5.68. The first-order valence-corrected chi connectivity index (χ1v) is 9.62. The van der Waals surface area contributed by atoms with Crippen molar-refractivity contribution >= 4 is 49.2 Å². The van der Waals surface area contributed by atoms with Crippen molar-refractivity contribution in [2.75, 3.05) is 22.6 Å². The summed E-state index contributed by atoms with van der Waals surface area (Å²) >= 11 is 4.78. The molecule has 0 aliphatic heterocycles. The molecule has 0 unspecified atom stereocenters. The third-order valence-corrected chi connectivity index (χ3v) is 5.56. The maximum atomic E-state index is 12.1. The molecule has 1 aromatic heterocycles. The van der Waals surface area contributed by atoms with Crippen LogP contribution in [-0.2, 0) is 0 Å². The Hall–Kier alpha value is -1.67. The molecule has 24 heavy (non-hydrogen) atoms. The van der Waals surface area contributed by atoms with Gasteiger partial charge in [0.1, 0.15) is 0 Å². The van der Waals surface area contributed by atoms with Crippen molar-refractivity contribution in [2.45, 2.75) is 38.1 Å². The SMILES string of the molecule is CN(c1nnc(NC(=O)Nc2cccc(Br)c2)s1)C1CCCCC1. The molecule has 0 atom stereocenters. The summed E-state index contributed by atoms with van der Waals surface area (Å²) in [6.45, 7) is 0. The van der Waals surface area contributed by atoms with Gasteiger partial charge in [-0.1, -0.05) is 52.6 Å². The third kappa shape index (κ3) is 4.45. The molecule has 2 N–H and O–H groups in total. The largest absolute Gasteiger partial charge is 0.347 e. The average molecular weight is 410 g/mol. The van der Waals surface area contributed by atoms with Gasteiger partial charge >= 0.3 is 6.03 Å². The fourth-order valence-electron chi connectivity index (χ4n) is 2.86. The lowest BCUT2D eigenvalue weighted by Crippen LogP contribution is -2.33. The highest BCUT2D eigenvalue weighted by Crippen LogP contribution is 2.29. The second kappa shape index (κ2) is 7.94. The number of halogens is 1. The topological polar surface area (TPSA) is 70.2 Å². The number of hydrogen-bond acceptors (Lipinski definition) is 5. The number of amides is 2. The van der Waals surface area contributed by atoms with Crippen molar-refractivity contribution in [3.63, 3.8) is 0 Å². The monoisotopic (exact) mass is 409 g/mol. The first-order chi connectivity index (χ1) is 11.6. The number of urea groups is 1. The summed E-state index contributed by atoms with van der Waals surface area (Å²) in [6.07, 6.45) is 6.26. The number of carbonyl (C=O) groups is 1. The number of rotatable bonds is 4. The van der Waals surface area contributed by atoms with Crippen molar-refractivity contribution in [2.24, 2.45) is 0 Å². The Morgan fingerprint density at radius 1 is 1.25 bits per heavy atom. The molecule has 1 aromatic carbocycles. The van der Waals surface area contributed by atoms with Gasteiger partial charge in [0, 0.05) is 23.2 Å². The number of carbonyl (C=O) groups excluding carboxylic acids is 1. The minimum absolute atomic E-state index is 0.323. The van der Waals surface area contributed by atoms with E-state index in [0.717, 1.165) is 9.60 Å². The molecule has 6 nitrogen and oxygen atoms in total. The number of hydrogen-bond donors (Lipinski definition) is 2. The molecule has 2 amide bonds. The first-order valence-electron chi connectivity index (χ1n) is 8.02. The van der Waals surface area contributed by atoms with Gasteiger partial charge in [-0.05, 0) is 31.0 Å². The van der Waals surface area contributed by atoms with Crippen LogP contribution in [0.25, 0.3) is 0 Å². The van der Waals surface area contributed by atoms with E-state index < -0.39 is 0 Å². The van der Waals surface area contributed by atoms with Gasteiger partial charge in [-0.2, -0.15) is 0 Å². The molecule has 1 saturated carbocycles. The Labute approximate surface area is 153 Å². The standard InChI is InChI=1S/C16H20BrN5OS/c1-22(13-8-3-2-4-9-13)16-21-20-15(24-16)19-14(23)18-12-7-5-6-11(17)10-12/h5-7,10,13H,2-4,8-9H2,1H3,(H2,18,19,20,23). The predicted molar refractivity (Wildman–Crippen MR) is 102 cm³/mol. The first kappa shape index (κ1) is 17.2. The van der Waals surface area contributed by atoms with Gasteiger partial charge in [0.2, 0.25) is 10.3 Å². The molecule has 1 aliphatic rings. The van der Waals surface area contributed by atoms with Gasteiger partial charge in [-0.25, -0.2) is 4.79 Å². The zero-order valence-electron chi connectivity index (χ0n) is 13.5. The van der Waals surface area contributed by atoms with Crippen molar-refractivity contribution in [1.29, 1.82) is 0 Å². The molecule has 1 fully saturated rings. The highest BCUT2D eigenvalue weighted by atomic mass is 79.9. The number of nitrogens with zero attached hydrogens (tertiary/aromatic N) is 3. The fourth-order valence-corrected chi connectivity index (χ4v) is 4.03. The van der Waals surface area contributed by atoms with E-state index >= 15 is 0 Å². The fraction of sp³-hybridized carbons (Fsp3) is 0.438. The van der Waals surface area contributed by atoms with E-state index in [1.54, 1.807) is 0 Å². The summed E-state index contributed by atoms with van der Waals surface area (Å²) in [4.78, 5) is 14.3. The van der Waals surface area contributed by atoms with Gasteiger partial charge in [-0.15, -0.1) is 10.2 Å². The molecule has 0 saturated heterocycles. The van der Waals surface area contributed by atoms with E-state index in [1.165, 1.54) is 43.4 Å². The van der Waals surface area contributed by atoms with Crippen LogP contribution < -0.4 is 15.5 Å². The van der Waals surface area contributed by atoms with E-state index in [1.807, 2.05) is 24.3 Å². The van der Waals surface area contributed by atoms with Gasteiger partial charge in [0.05, 0.1) is 0 Å². The van der Waals surface area contributed by atoms with Crippen LogP contribution in [0.3, 0.4) is 0 Å². The molecular formula is C16H20BrN5OS. The lowest BCUT2D eigenvalue weighted by Gasteiger charge is -2.30. The molecule has 0 bridgehead atoms. The Bertz CT molecular complexity index is 701. The van der Waals surface area contributed by atoms with Crippen LogP contribution in [0, 0.1) is 0 Å². The Morgan fingerprint density at radius 3 is 2.79 bits per heavy atom. The minimum Gasteiger partial charge on any atom is -0.347 e. The van der Waals surface area contributed by atoms with Crippen LogP contribution in [0.4, 0.5) is 20.7 Å². The molecule has 0 radical (unpaired) electrons. The molecular weight excluding hydrogens is 390 g/mol. The normalized spacial score (nSPS) is 15.1. The highest BCUT2D eigenvalue weighted by molar-refractivity contribution is 9.10. The lowest BCUT2D eigenvalue weighted by atomic mass is 9.95. The van der Waals surface area contributed by atoms with Gasteiger partial charge in [0.25, 0.3) is 0 Å². The van der Waals surface area contributed by atoms with E-state index in [-0.39, 0.29) is 6.03 Å². The summed E-state index contributed by atoms with van der Waals surface area (Å²) in [5.74, 6) is 0.